The number of aryl methyl sites for hydroxylation is 2. The molecule has 6 heteroatoms. The van der Waals surface area contributed by atoms with Gasteiger partial charge in [-0.3, -0.25) is 4.79 Å². The zero-order chi connectivity index (χ0) is 15.4. The Morgan fingerprint density at radius 1 is 1.33 bits per heavy atom. The minimum Gasteiger partial charge on any atom is -0.467 e. The minimum absolute atomic E-state index is 0.0169. The third-order valence-electron chi connectivity index (χ3n) is 3.62. The van der Waals surface area contributed by atoms with Crippen LogP contribution in [0.1, 0.15) is 37.1 Å². The van der Waals surface area contributed by atoms with Crippen LogP contribution in [0.4, 0.5) is 0 Å². The Hall–Kier alpha value is -1.69. The molecule has 0 radical (unpaired) electrons. The van der Waals surface area contributed by atoms with Crippen LogP contribution in [0, 0.1) is 13.8 Å². The molecule has 0 unspecified atom stereocenters. The second-order valence-electron chi connectivity index (χ2n) is 5.01. The van der Waals surface area contributed by atoms with Crippen LogP contribution >= 0.6 is 11.3 Å². The third-order valence-corrected chi connectivity index (χ3v) is 4.74. The number of carbonyl (C=O) groups is 1. The minimum atomic E-state index is -0.111. The average molecular weight is 307 g/mol. The summed E-state index contributed by atoms with van der Waals surface area (Å²) < 4.78 is 5.61. The van der Waals surface area contributed by atoms with Gasteiger partial charge in [-0.15, -0.1) is 11.3 Å². The molecule has 1 N–H and O–H groups in total. The van der Waals surface area contributed by atoms with Gasteiger partial charge in [-0.05, 0) is 32.3 Å². The third kappa shape index (κ3) is 3.50. The first-order chi connectivity index (χ1) is 10.1. The number of nitrogens with one attached hydrogen (secondary N) is 1. The van der Waals surface area contributed by atoms with Gasteiger partial charge in [0.25, 0.3) is 5.91 Å². The quantitative estimate of drug-likeness (QED) is 0.891. The number of hydrogen-bond donors (Lipinski definition) is 1. The van der Waals surface area contributed by atoms with Crippen LogP contribution in [-0.4, -0.2) is 28.5 Å². The molecule has 0 saturated heterocycles. The van der Waals surface area contributed by atoms with Gasteiger partial charge >= 0.3 is 0 Å². The molecule has 0 bridgehead atoms. The van der Waals surface area contributed by atoms with Crippen molar-refractivity contribution in [3.8, 4) is 5.88 Å². The molecule has 2 heterocycles. The van der Waals surface area contributed by atoms with E-state index in [9.17, 15) is 4.79 Å². The second-order valence-corrected chi connectivity index (χ2v) is 6.22. The fourth-order valence-corrected chi connectivity index (χ4v) is 3.14. The van der Waals surface area contributed by atoms with E-state index in [1.807, 2.05) is 13.8 Å². The molecule has 2 aromatic rings. The number of amides is 1. The van der Waals surface area contributed by atoms with Crippen molar-refractivity contribution in [1.29, 1.82) is 0 Å². The molecule has 1 amide bonds. The van der Waals surface area contributed by atoms with Gasteiger partial charge in [0, 0.05) is 10.9 Å². The Balaban J connectivity index is 2.08. The molecule has 2 rings (SSSR count). The fraction of sp³-hybridized carbons (Fsp3) is 0.533. The van der Waals surface area contributed by atoms with E-state index < -0.39 is 0 Å². The van der Waals surface area contributed by atoms with Crippen LogP contribution in [0.15, 0.2) is 6.33 Å². The topological polar surface area (TPSA) is 64.1 Å². The normalized spacial score (nSPS) is 11.1. The SMILES string of the molecule is CCC(CC)NC(=O)COc1ncnc2sc(C)c(C)c12. The van der Waals surface area contributed by atoms with Crippen molar-refractivity contribution in [3.05, 3.63) is 16.8 Å². The molecular formula is C15H21N3O2S. The van der Waals surface area contributed by atoms with Crippen LogP contribution in [0.25, 0.3) is 10.2 Å². The van der Waals surface area contributed by atoms with Crippen molar-refractivity contribution >= 4 is 27.5 Å². The molecule has 0 aromatic carbocycles. The number of carbonyl (C=O) groups excluding carboxylic acids is 1. The molecule has 0 saturated carbocycles. The number of rotatable bonds is 6. The maximum atomic E-state index is 11.9. The van der Waals surface area contributed by atoms with E-state index in [2.05, 4.69) is 29.1 Å². The zero-order valence-electron chi connectivity index (χ0n) is 12.9. The van der Waals surface area contributed by atoms with Crippen molar-refractivity contribution in [1.82, 2.24) is 15.3 Å². The summed E-state index contributed by atoms with van der Waals surface area (Å²) >= 11 is 1.61. The summed E-state index contributed by atoms with van der Waals surface area (Å²) in [5, 5.41) is 3.86. The lowest BCUT2D eigenvalue weighted by Crippen LogP contribution is -2.37. The zero-order valence-corrected chi connectivity index (χ0v) is 13.7. The van der Waals surface area contributed by atoms with Gasteiger partial charge in [0.15, 0.2) is 6.61 Å². The number of thiophene rings is 1. The Labute approximate surface area is 128 Å². The van der Waals surface area contributed by atoms with Gasteiger partial charge in [0.1, 0.15) is 11.2 Å². The second kappa shape index (κ2) is 6.85. The first-order valence-electron chi connectivity index (χ1n) is 7.19. The summed E-state index contributed by atoms with van der Waals surface area (Å²) in [6.07, 6.45) is 3.32. The van der Waals surface area contributed by atoms with Crippen LogP contribution in [0.5, 0.6) is 5.88 Å². The van der Waals surface area contributed by atoms with Crippen molar-refractivity contribution in [2.75, 3.05) is 6.61 Å². The number of ether oxygens (including phenoxy) is 1. The summed E-state index contributed by atoms with van der Waals surface area (Å²) in [5.41, 5.74) is 1.12. The average Bonchev–Trinajstić information content (AvgIpc) is 2.78. The Kier molecular flexibility index (Phi) is 5.12. The fourth-order valence-electron chi connectivity index (χ4n) is 2.16. The largest absolute Gasteiger partial charge is 0.467 e. The highest BCUT2D eigenvalue weighted by Gasteiger charge is 2.15. The molecule has 0 atom stereocenters. The first-order valence-corrected chi connectivity index (χ1v) is 8.01. The van der Waals surface area contributed by atoms with E-state index in [1.165, 1.54) is 11.2 Å². The van der Waals surface area contributed by atoms with Gasteiger partial charge in [-0.1, -0.05) is 13.8 Å². The number of hydrogen-bond acceptors (Lipinski definition) is 5. The van der Waals surface area contributed by atoms with Gasteiger partial charge in [-0.2, -0.15) is 0 Å². The lowest BCUT2D eigenvalue weighted by atomic mass is 10.2. The number of fused-ring (bicyclic) bond motifs is 1. The predicted octanol–water partition coefficient (Wildman–Crippen LogP) is 2.99. The molecule has 5 nitrogen and oxygen atoms in total. The van der Waals surface area contributed by atoms with E-state index in [0.717, 1.165) is 28.6 Å². The maximum Gasteiger partial charge on any atom is 0.258 e. The molecule has 0 aliphatic heterocycles. The van der Waals surface area contributed by atoms with E-state index in [-0.39, 0.29) is 18.6 Å². The highest BCUT2D eigenvalue weighted by Crippen LogP contribution is 2.33. The van der Waals surface area contributed by atoms with Gasteiger partial charge in [0.05, 0.1) is 5.39 Å². The predicted molar refractivity (Wildman–Crippen MR) is 84.9 cm³/mol. The maximum absolute atomic E-state index is 11.9. The van der Waals surface area contributed by atoms with Gasteiger partial charge < -0.3 is 10.1 Å². The summed E-state index contributed by atoms with van der Waals surface area (Å²) in [5.74, 6) is 0.376. The lowest BCUT2D eigenvalue weighted by molar-refractivity contribution is -0.123. The van der Waals surface area contributed by atoms with E-state index in [0.29, 0.717) is 5.88 Å². The van der Waals surface area contributed by atoms with E-state index in [1.54, 1.807) is 11.3 Å². The van der Waals surface area contributed by atoms with Crippen molar-refractivity contribution in [2.45, 2.75) is 46.6 Å². The smallest absolute Gasteiger partial charge is 0.258 e. The van der Waals surface area contributed by atoms with Crippen molar-refractivity contribution in [3.63, 3.8) is 0 Å². The monoisotopic (exact) mass is 307 g/mol. The van der Waals surface area contributed by atoms with Gasteiger partial charge in [0.2, 0.25) is 5.88 Å². The molecule has 2 aromatic heterocycles. The Morgan fingerprint density at radius 2 is 2.05 bits per heavy atom. The van der Waals surface area contributed by atoms with Gasteiger partial charge in [-0.25, -0.2) is 9.97 Å². The summed E-state index contributed by atoms with van der Waals surface area (Å²) in [6, 6.07) is 0.205. The van der Waals surface area contributed by atoms with Crippen LogP contribution < -0.4 is 10.1 Å². The molecule has 21 heavy (non-hydrogen) atoms. The molecule has 0 aliphatic rings. The standard InChI is InChI=1S/C15H21N3O2S/c1-5-11(6-2)18-12(19)7-20-14-13-9(3)10(4)21-15(13)17-8-16-14/h8,11H,5-7H2,1-4H3,(H,18,19). The van der Waals surface area contributed by atoms with E-state index in [4.69, 9.17) is 4.74 Å². The molecule has 0 fully saturated rings. The van der Waals surface area contributed by atoms with Crippen molar-refractivity contribution < 1.29 is 9.53 Å². The molecule has 0 aliphatic carbocycles. The van der Waals surface area contributed by atoms with Crippen LogP contribution in [0.3, 0.4) is 0 Å². The Bertz CT molecular complexity index is 635. The summed E-state index contributed by atoms with van der Waals surface area (Å²) in [6.45, 7) is 8.17. The number of nitrogens with zero attached hydrogens (tertiary/aromatic N) is 2. The first kappa shape index (κ1) is 15.7. The summed E-state index contributed by atoms with van der Waals surface area (Å²) in [4.78, 5) is 22.4. The lowest BCUT2D eigenvalue weighted by Gasteiger charge is -2.14. The highest BCUT2D eigenvalue weighted by molar-refractivity contribution is 7.18. The highest BCUT2D eigenvalue weighted by atomic mass is 32.1. The van der Waals surface area contributed by atoms with Crippen LogP contribution in [0.2, 0.25) is 0 Å². The Morgan fingerprint density at radius 3 is 2.71 bits per heavy atom. The summed E-state index contributed by atoms with van der Waals surface area (Å²) in [7, 11) is 0. The molecular weight excluding hydrogens is 286 g/mol. The molecule has 114 valence electrons. The van der Waals surface area contributed by atoms with Crippen LogP contribution in [-0.2, 0) is 4.79 Å². The molecule has 0 spiro atoms. The van der Waals surface area contributed by atoms with E-state index >= 15 is 0 Å². The van der Waals surface area contributed by atoms with Crippen molar-refractivity contribution in [2.24, 2.45) is 0 Å². The number of aromatic nitrogens is 2.